The third-order valence-corrected chi connectivity index (χ3v) is 2.49. The predicted molar refractivity (Wildman–Crippen MR) is 61.1 cm³/mol. The minimum absolute atomic E-state index is 0.204. The van der Waals surface area contributed by atoms with Crippen molar-refractivity contribution < 1.29 is 9.13 Å². The molecule has 2 rings (SSSR count). The molecule has 0 aliphatic rings. The van der Waals surface area contributed by atoms with Gasteiger partial charge in [-0.1, -0.05) is 22.0 Å². The molecule has 1 heterocycles. The van der Waals surface area contributed by atoms with Gasteiger partial charge in [-0.25, -0.2) is 14.4 Å². The lowest BCUT2D eigenvalue weighted by Crippen LogP contribution is -1.92. The summed E-state index contributed by atoms with van der Waals surface area (Å²) in [5.41, 5.74) is 0.951. The van der Waals surface area contributed by atoms with Crippen LogP contribution < -0.4 is 4.74 Å². The molecule has 0 radical (unpaired) electrons. The second-order valence-electron chi connectivity index (χ2n) is 3.07. The quantitative estimate of drug-likeness (QED) is 0.811. The Morgan fingerprint density at radius 2 is 2.00 bits per heavy atom. The van der Waals surface area contributed by atoms with Crippen LogP contribution in [0.1, 0.15) is 5.56 Å². The number of alkyl halides is 1. The third kappa shape index (κ3) is 2.76. The summed E-state index contributed by atoms with van der Waals surface area (Å²) in [7, 11) is 0. The highest BCUT2D eigenvalue weighted by Gasteiger charge is 2.01. The Hall–Kier alpha value is -1.49. The first-order valence-corrected chi connectivity index (χ1v) is 5.70. The average molecular weight is 283 g/mol. The third-order valence-electron chi connectivity index (χ3n) is 1.84. The van der Waals surface area contributed by atoms with E-state index < -0.39 is 0 Å². The van der Waals surface area contributed by atoms with Crippen LogP contribution in [-0.4, -0.2) is 9.97 Å². The van der Waals surface area contributed by atoms with Crippen LogP contribution in [0.25, 0.3) is 0 Å². The van der Waals surface area contributed by atoms with Crippen LogP contribution in [0.2, 0.25) is 0 Å². The maximum Gasteiger partial charge on any atom is 0.321 e. The second-order valence-corrected chi connectivity index (χ2v) is 3.63. The lowest BCUT2D eigenvalue weighted by Gasteiger charge is -2.03. The zero-order chi connectivity index (χ0) is 11.4. The molecule has 0 N–H and O–H groups in total. The highest BCUT2D eigenvalue weighted by molar-refractivity contribution is 9.08. The number of halogens is 2. The van der Waals surface area contributed by atoms with Gasteiger partial charge >= 0.3 is 6.01 Å². The molecule has 0 unspecified atom stereocenters. The van der Waals surface area contributed by atoms with E-state index in [0.717, 1.165) is 5.56 Å². The van der Waals surface area contributed by atoms with Crippen molar-refractivity contribution >= 4 is 15.9 Å². The summed E-state index contributed by atoms with van der Waals surface area (Å²) in [5.74, 6) is 0.0289. The molecule has 0 atom stereocenters. The van der Waals surface area contributed by atoms with Crippen LogP contribution in [0.4, 0.5) is 4.39 Å². The summed E-state index contributed by atoms with van der Waals surface area (Å²) < 4.78 is 18.1. The zero-order valence-electron chi connectivity index (χ0n) is 8.23. The monoisotopic (exact) mass is 282 g/mol. The number of nitrogens with zero attached hydrogens (tertiary/aromatic N) is 2. The predicted octanol–water partition coefficient (Wildman–Crippen LogP) is 3.30. The van der Waals surface area contributed by atoms with Crippen LogP contribution in [0.3, 0.4) is 0 Å². The van der Waals surface area contributed by atoms with E-state index in [1.54, 1.807) is 24.5 Å². The van der Waals surface area contributed by atoms with Gasteiger partial charge in [0.2, 0.25) is 0 Å². The maximum atomic E-state index is 12.9. The van der Waals surface area contributed by atoms with Crippen LogP contribution in [0.15, 0.2) is 36.7 Å². The van der Waals surface area contributed by atoms with E-state index in [1.165, 1.54) is 12.1 Å². The van der Waals surface area contributed by atoms with E-state index in [0.29, 0.717) is 11.1 Å². The van der Waals surface area contributed by atoms with Crippen LogP contribution in [-0.2, 0) is 5.33 Å². The molecule has 0 saturated carbocycles. The summed E-state index contributed by atoms with van der Waals surface area (Å²) >= 11 is 3.29. The van der Waals surface area contributed by atoms with Gasteiger partial charge in [-0.3, -0.25) is 0 Å². The fourth-order valence-electron chi connectivity index (χ4n) is 1.10. The number of ether oxygens (including phenoxy) is 1. The molecule has 0 aliphatic carbocycles. The maximum absolute atomic E-state index is 12.9. The first-order chi connectivity index (χ1) is 7.78. The zero-order valence-corrected chi connectivity index (χ0v) is 9.82. The summed E-state index contributed by atoms with van der Waals surface area (Å²) in [5, 5.41) is 0.688. The molecule has 1 aromatic heterocycles. The summed E-state index contributed by atoms with van der Waals surface area (Å²) in [6.07, 6.45) is 3.30. The normalized spacial score (nSPS) is 10.1. The van der Waals surface area contributed by atoms with Gasteiger partial charge in [0.15, 0.2) is 0 Å². The Morgan fingerprint density at radius 3 is 2.62 bits per heavy atom. The number of rotatable bonds is 3. The molecule has 0 aliphatic heterocycles. The Balaban J connectivity index is 2.14. The molecule has 0 spiro atoms. The number of hydrogen-bond acceptors (Lipinski definition) is 3. The van der Waals surface area contributed by atoms with Gasteiger partial charge < -0.3 is 4.74 Å². The van der Waals surface area contributed by atoms with Gasteiger partial charge in [-0.2, -0.15) is 0 Å². The van der Waals surface area contributed by atoms with Gasteiger partial charge in [-0.15, -0.1) is 0 Å². The van der Waals surface area contributed by atoms with Gasteiger partial charge in [0.05, 0.1) is 0 Å². The first-order valence-electron chi connectivity index (χ1n) is 4.58. The molecule has 16 heavy (non-hydrogen) atoms. The van der Waals surface area contributed by atoms with E-state index in [4.69, 9.17) is 4.74 Å². The van der Waals surface area contributed by atoms with Gasteiger partial charge in [0.1, 0.15) is 11.6 Å². The largest absolute Gasteiger partial charge is 0.424 e. The number of hydrogen-bond donors (Lipinski definition) is 0. The van der Waals surface area contributed by atoms with Crippen molar-refractivity contribution in [3.8, 4) is 11.8 Å². The van der Waals surface area contributed by atoms with Crippen molar-refractivity contribution in [2.45, 2.75) is 5.33 Å². The van der Waals surface area contributed by atoms with E-state index in [-0.39, 0.29) is 11.8 Å². The Bertz CT molecular complexity index is 476. The van der Waals surface area contributed by atoms with Crippen LogP contribution in [0, 0.1) is 5.82 Å². The number of aromatic nitrogens is 2. The topological polar surface area (TPSA) is 35.0 Å². The van der Waals surface area contributed by atoms with Crippen molar-refractivity contribution in [2.75, 3.05) is 0 Å². The minimum atomic E-state index is -0.352. The second kappa shape index (κ2) is 5.03. The van der Waals surface area contributed by atoms with Crippen molar-refractivity contribution in [3.05, 3.63) is 48.0 Å². The van der Waals surface area contributed by atoms with Gasteiger partial charge in [0.25, 0.3) is 0 Å². The van der Waals surface area contributed by atoms with E-state index >= 15 is 0 Å². The molecule has 0 amide bonds. The van der Waals surface area contributed by atoms with Crippen molar-refractivity contribution in [2.24, 2.45) is 0 Å². The van der Waals surface area contributed by atoms with Crippen LogP contribution in [0.5, 0.6) is 11.8 Å². The van der Waals surface area contributed by atoms with E-state index in [2.05, 4.69) is 25.9 Å². The molecule has 1 aromatic carbocycles. The molecule has 0 saturated heterocycles. The van der Waals surface area contributed by atoms with E-state index in [1.807, 2.05) is 0 Å². The van der Waals surface area contributed by atoms with E-state index in [9.17, 15) is 4.39 Å². The van der Waals surface area contributed by atoms with Crippen molar-refractivity contribution in [3.63, 3.8) is 0 Å². The minimum Gasteiger partial charge on any atom is -0.424 e. The molecule has 82 valence electrons. The Labute approximate surface area is 100 Å². The molecular formula is C11H8BrFN2O. The standard InChI is InChI=1S/C11H8BrFN2O/c12-5-8-6-14-11(15-7-8)16-10-3-1-2-9(13)4-10/h1-4,6-7H,5H2. The lowest BCUT2D eigenvalue weighted by molar-refractivity contribution is 0.437. The van der Waals surface area contributed by atoms with Gasteiger partial charge in [-0.05, 0) is 17.7 Å². The SMILES string of the molecule is Fc1cccc(Oc2ncc(CBr)cn2)c1. The molecule has 0 fully saturated rings. The van der Waals surface area contributed by atoms with Crippen LogP contribution >= 0.6 is 15.9 Å². The fourth-order valence-corrected chi connectivity index (χ4v) is 1.39. The van der Waals surface area contributed by atoms with Gasteiger partial charge in [0, 0.05) is 23.8 Å². The number of benzene rings is 1. The lowest BCUT2D eigenvalue weighted by atomic mass is 10.3. The smallest absolute Gasteiger partial charge is 0.321 e. The Kier molecular flexibility index (Phi) is 3.46. The first kappa shape index (κ1) is 11.0. The molecule has 5 heteroatoms. The Morgan fingerprint density at radius 1 is 1.25 bits per heavy atom. The molecular weight excluding hydrogens is 275 g/mol. The molecule has 2 aromatic rings. The molecule has 0 bridgehead atoms. The van der Waals surface area contributed by atoms with Crippen molar-refractivity contribution in [1.82, 2.24) is 9.97 Å². The highest BCUT2D eigenvalue weighted by Crippen LogP contribution is 2.18. The fraction of sp³-hybridized carbons (Fsp3) is 0.0909. The average Bonchev–Trinajstić information content (AvgIpc) is 2.30. The summed E-state index contributed by atoms with van der Waals surface area (Å²) in [6.45, 7) is 0. The highest BCUT2D eigenvalue weighted by atomic mass is 79.9. The van der Waals surface area contributed by atoms with Crippen molar-refractivity contribution in [1.29, 1.82) is 0 Å². The summed E-state index contributed by atoms with van der Waals surface area (Å²) in [6, 6.07) is 6.04. The molecule has 3 nitrogen and oxygen atoms in total. The summed E-state index contributed by atoms with van der Waals surface area (Å²) in [4.78, 5) is 7.98.